The maximum atomic E-state index is 6.30. The summed E-state index contributed by atoms with van der Waals surface area (Å²) in [5.74, 6) is 1.93. The van der Waals surface area contributed by atoms with Gasteiger partial charge >= 0.3 is 0 Å². The first-order valence-corrected chi connectivity index (χ1v) is 11.1. The van der Waals surface area contributed by atoms with Crippen molar-refractivity contribution in [3.63, 3.8) is 0 Å². The molecule has 2 aromatic heterocycles. The molecule has 1 fully saturated rings. The second-order valence-electron chi connectivity index (χ2n) is 6.97. The molecule has 122 valence electrons. The summed E-state index contributed by atoms with van der Waals surface area (Å²) >= 11 is 6.30. The van der Waals surface area contributed by atoms with E-state index < -0.39 is 10.0 Å². The van der Waals surface area contributed by atoms with Gasteiger partial charge in [-0.05, 0) is 49.5 Å². The predicted octanol–water partition coefficient (Wildman–Crippen LogP) is 3.71. The zero-order chi connectivity index (χ0) is 15.7. The molecular formula is C16H24ClN3OS. The Bertz CT molecular complexity index is 661. The van der Waals surface area contributed by atoms with E-state index in [0.29, 0.717) is 11.9 Å². The Kier molecular flexibility index (Phi) is 4.67. The summed E-state index contributed by atoms with van der Waals surface area (Å²) in [5.41, 5.74) is 2.15. The molecular weight excluding hydrogens is 318 g/mol. The normalized spacial score (nSPS) is 16.4. The van der Waals surface area contributed by atoms with Crippen molar-refractivity contribution in [3.05, 3.63) is 23.2 Å². The molecule has 1 aliphatic carbocycles. The SMILES string of the molecule is CS(C)(C)CCOCn1cc(CC2CC2)c2c(Cl)ncnc21. The van der Waals surface area contributed by atoms with E-state index in [1.165, 1.54) is 24.7 Å². The smallest absolute Gasteiger partial charge is 0.147 e. The molecule has 0 spiro atoms. The molecule has 0 saturated heterocycles. The molecule has 0 aliphatic heterocycles. The van der Waals surface area contributed by atoms with Crippen LogP contribution in [0.3, 0.4) is 0 Å². The van der Waals surface area contributed by atoms with Crippen LogP contribution in [0.25, 0.3) is 11.0 Å². The summed E-state index contributed by atoms with van der Waals surface area (Å²) in [6, 6.07) is 0. The van der Waals surface area contributed by atoms with Crippen LogP contribution in [0.2, 0.25) is 5.15 Å². The molecule has 1 aliphatic rings. The summed E-state index contributed by atoms with van der Waals surface area (Å²) in [6.07, 6.45) is 14.3. The highest BCUT2D eigenvalue weighted by atomic mass is 35.5. The number of fused-ring (bicyclic) bond motifs is 1. The Morgan fingerprint density at radius 1 is 1.32 bits per heavy atom. The summed E-state index contributed by atoms with van der Waals surface area (Å²) in [7, 11) is -0.511. The maximum Gasteiger partial charge on any atom is 0.147 e. The molecule has 1 saturated carbocycles. The molecule has 0 N–H and O–H groups in total. The van der Waals surface area contributed by atoms with E-state index in [0.717, 1.165) is 35.7 Å². The molecule has 0 atom stereocenters. The molecule has 2 heterocycles. The highest BCUT2D eigenvalue weighted by Crippen LogP contribution is 2.36. The molecule has 2 aromatic rings. The molecule has 22 heavy (non-hydrogen) atoms. The van der Waals surface area contributed by atoms with Crippen LogP contribution >= 0.6 is 21.6 Å². The predicted molar refractivity (Wildman–Crippen MR) is 95.1 cm³/mol. The second kappa shape index (κ2) is 6.38. The fourth-order valence-electron chi connectivity index (χ4n) is 2.52. The van der Waals surface area contributed by atoms with Crippen molar-refractivity contribution in [1.29, 1.82) is 0 Å². The lowest BCUT2D eigenvalue weighted by molar-refractivity contribution is 0.0922. The summed E-state index contributed by atoms with van der Waals surface area (Å²) < 4.78 is 7.93. The van der Waals surface area contributed by atoms with Crippen LogP contribution in [0.4, 0.5) is 0 Å². The fraction of sp³-hybridized carbons (Fsp3) is 0.625. The molecule has 4 nitrogen and oxygen atoms in total. The Labute approximate surface area is 138 Å². The van der Waals surface area contributed by atoms with Gasteiger partial charge in [0, 0.05) is 11.9 Å². The quantitative estimate of drug-likeness (QED) is 0.569. The van der Waals surface area contributed by atoms with Gasteiger partial charge in [0.2, 0.25) is 0 Å². The van der Waals surface area contributed by atoms with E-state index in [-0.39, 0.29) is 0 Å². The number of halogens is 1. The highest BCUT2D eigenvalue weighted by molar-refractivity contribution is 8.32. The van der Waals surface area contributed by atoms with Gasteiger partial charge in [0.25, 0.3) is 0 Å². The van der Waals surface area contributed by atoms with Crippen molar-refractivity contribution in [1.82, 2.24) is 14.5 Å². The molecule has 0 amide bonds. The van der Waals surface area contributed by atoms with Crippen LogP contribution in [0.15, 0.2) is 12.5 Å². The Balaban J connectivity index is 1.75. The number of rotatable bonds is 7. The molecule has 0 unspecified atom stereocenters. The van der Waals surface area contributed by atoms with E-state index in [1.54, 1.807) is 0 Å². The van der Waals surface area contributed by atoms with Gasteiger partial charge in [-0.25, -0.2) is 20.0 Å². The van der Waals surface area contributed by atoms with Crippen LogP contribution in [-0.4, -0.2) is 45.7 Å². The van der Waals surface area contributed by atoms with Crippen molar-refractivity contribution >= 4 is 32.7 Å². The monoisotopic (exact) mass is 341 g/mol. The van der Waals surface area contributed by atoms with Gasteiger partial charge in [-0.3, -0.25) is 0 Å². The number of hydrogen-bond acceptors (Lipinski definition) is 3. The number of hydrogen-bond donors (Lipinski definition) is 0. The molecule has 0 aromatic carbocycles. The number of ether oxygens (including phenoxy) is 1. The van der Waals surface area contributed by atoms with Gasteiger partial charge in [0.15, 0.2) is 0 Å². The standard InChI is InChI=1S/C16H24ClN3OS/c1-22(2,3)7-6-21-11-20-9-13(8-12-4-5-12)14-15(17)18-10-19-16(14)20/h9-10,12H,4-8,11H2,1-3H3. The third kappa shape index (κ3) is 3.94. The zero-order valence-corrected chi connectivity index (χ0v) is 15.1. The minimum absolute atomic E-state index is 0.511. The first kappa shape index (κ1) is 16.1. The number of aromatic nitrogens is 3. The van der Waals surface area contributed by atoms with Crippen LogP contribution in [0, 0.1) is 5.92 Å². The van der Waals surface area contributed by atoms with E-state index in [1.807, 2.05) is 0 Å². The van der Waals surface area contributed by atoms with Gasteiger partial charge in [-0.15, -0.1) is 0 Å². The van der Waals surface area contributed by atoms with E-state index >= 15 is 0 Å². The van der Waals surface area contributed by atoms with Crippen molar-refractivity contribution < 1.29 is 4.74 Å². The average molecular weight is 342 g/mol. The lowest BCUT2D eigenvalue weighted by Gasteiger charge is -2.24. The van der Waals surface area contributed by atoms with Crippen molar-refractivity contribution in [2.45, 2.75) is 26.0 Å². The summed E-state index contributed by atoms with van der Waals surface area (Å²) in [4.78, 5) is 8.55. The largest absolute Gasteiger partial charge is 0.360 e. The average Bonchev–Trinajstić information content (AvgIpc) is 3.17. The van der Waals surface area contributed by atoms with Crippen LogP contribution in [-0.2, 0) is 17.9 Å². The minimum Gasteiger partial charge on any atom is -0.360 e. The van der Waals surface area contributed by atoms with E-state index in [2.05, 4.69) is 39.5 Å². The van der Waals surface area contributed by atoms with Gasteiger partial charge < -0.3 is 9.30 Å². The third-order valence-corrected chi connectivity index (χ3v) is 5.64. The van der Waals surface area contributed by atoms with Gasteiger partial charge in [0.05, 0.1) is 12.0 Å². The maximum absolute atomic E-state index is 6.30. The lowest BCUT2D eigenvalue weighted by atomic mass is 10.1. The molecule has 0 radical (unpaired) electrons. The molecule has 6 heteroatoms. The van der Waals surface area contributed by atoms with E-state index in [9.17, 15) is 0 Å². The zero-order valence-electron chi connectivity index (χ0n) is 13.5. The van der Waals surface area contributed by atoms with Gasteiger partial charge in [0.1, 0.15) is 23.9 Å². The Hall–Kier alpha value is -0.780. The van der Waals surface area contributed by atoms with Crippen LogP contribution < -0.4 is 0 Å². The molecule has 3 rings (SSSR count). The van der Waals surface area contributed by atoms with Crippen molar-refractivity contribution in [2.24, 2.45) is 5.92 Å². The Morgan fingerprint density at radius 3 is 2.77 bits per heavy atom. The third-order valence-electron chi connectivity index (χ3n) is 3.96. The summed E-state index contributed by atoms with van der Waals surface area (Å²) in [6.45, 7) is 1.32. The van der Waals surface area contributed by atoms with Crippen molar-refractivity contribution in [3.8, 4) is 0 Å². The summed E-state index contributed by atoms with van der Waals surface area (Å²) in [5, 5.41) is 1.56. The highest BCUT2D eigenvalue weighted by Gasteiger charge is 2.24. The lowest BCUT2D eigenvalue weighted by Crippen LogP contribution is -2.09. The van der Waals surface area contributed by atoms with Crippen molar-refractivity contribution in [2.75, 3.05) is 31.1 Å². The van der Waals surface area contributed by atoms with E-state index in [4.69, 9.17) is 16.3 Å². The topological polar surface area (TPSA) is 39.9 Å². The van der Waals surface area contributed by atoms with Gasteiger partial charge in [-0.1, -0.05) is 11.6 Å². The van der Waals surface area contributed by atoms with Gasteiger partial charge in [-0.2, -0.15) is 0 Å². The Morgan fingerprint density at radius 2 is 2.09 bits per heavy atom. The second-order valence-corrected chi connectivity index (χ2v) is 11.9. The van der Waals surface area contributed by atoms with Crippen LogP contribution in [0.5, 0.6) is 0 Å². The number of nitrogens with zero attached hydrogens (tertiary/aromatic N) is 3. The first-order chi connectivity index (χ1) is 10.4. The first-order valence-electron chi connectivity index (χ1n) is 7.66. The fourth-order valence-corrected chi connectivity index (χ4v) is 3.39. The minimum atomic E-state index is -0.511. The molecule has 0 bridgehead atoms. The van der Waals surface area contributed by atoms with Crippen LogP contribution in [0.1, 0.15) is 18.4 Å².